The molecular weight excluding hydrogens is 278 g/mol. The highest BCUT2D eigenvalue weighted by Crippen LogP contribution is 2.18. The van der Waals surface area contributed by atoms with Crippen LogP contribution in [-0.2, 0) is 6.61 Å². The molecule has 0 atom stereocenters. The van der Waals surface area contributed by atoms with Gasteiger partial charge in [-0.25, -0.2) is 8.78 Å². The lowest BCUT2D eigenvalue weighted by Gasteiger charge is -2.16. The van der Waals surface area contributed by atoms with Crippen molar-refractivity contribution in [2.45, 2.75) is 6.61 Å². The molecule has 7 heteroatoms. The number of ether oxygens (including phenoxy) is 1. The molecule has 0 aromatic heterocycles. The van der Waals surface area contributed by atoms with Crippen molar-refractivity contribution in [1.29, 1.82) is 0 Å². The van der Waals surface area contributed by atoms with Gasteiger partial charge in [0.25, 0.3) is 0 Å². The van der Waals surface area contributed by atoms with Crippen molar-refractivity contribution in [3.63, 3.8) is 0 Å². The molecule has 0 bridgehead atoms. The SMILES string of the molecule is Fc1ccc(COc2ccc([B-](F)(F)F)c(F)c2)cc1. The van der Waals surface area contributed by atoms with E-state index in [1.54, 1.807) is 0 Å². The van der Waals surface area contributed by atoms with Crippen LogP contribution < -0.4 is 10.2 Å². The zero-order valence-corrected chi connectivity index (χ0v) is 10.1. The Labute approximate surface area is 112 Å². The summed E-state index contributed by atoms with van der Waals surface area (Å²) >= 11 is 0. The Hall–Kier alpha value is -2.05. The van der Waals surface area contributed by atoms with E-state index in [1.165, 1.54) is 24.3 Å². The normalized spacial score (nSPS) is 11.4. The van der Waals surface area contributed by atoms with Crippen molar-refractivity contribution < 1.29 is 26.5 Å². The van der Waals surface area contributed by atoms with Gasteiger partial charge in [-0.15, -0.1) is 0 Å². The highest BCUT2D eigenvalue weighted by Gasteiger charge is 2.28. The first kappa shape index (κ1) is 14.4. The topological polar surface area (TPSA) is 9.23 Å². The summed E-state index contributed by atoms with van der Waals surface area (Å²) in [5.74, 6) is -1.79. The lowest BCUT2D eigenvalue weighted by Crippen LogP contribution is -2.36. The monoisotopic (exact) mass is 287 g/mol. The summed E-state index contributed by atoms with van der Waals surface area (Å²) in [6, 6.07) is 7.79. The molecule has 106 valence electrons. The van der Waals surface area contributed by atoms with Gasteiger partial charge >= 0.3 is 6.98 Å². The van der Waals surface area contributed by atoms with Gasteiger partial charge in [-0.3, -0.25) is 0 Å². The molecule has 20 heavy (non-hydrogen) atoms. The van der Waals surface area contributed by atoms with Crippen molar-refractivity contribution in [3.05, 3.63) is 59.7 Å². The van der Waals surface area contributed by atoms with Crippen molar-refractivity contribution in [1.82, 2.24) is 0 Å². The van der Waals surface area contributed by atoms with E-state index >= 15 is 0 Å². The van der Waals surface area contributed by atoms with Crippen LogP contribution in [0, 0.1) is 11.6 Å². The van der Waals surface area contributed by atoms with E-state index in [4.69, 9.17) is 4.74 Å². The molecule has 0 amide bonds. The lowest BCUT2D eigenvalue weighted by atomic mass is 9.80. The average molecular weight is 287 g/mol. The van der Waals surface area contributed by atoms with Gasteiger partial charge < -0.3 is 17.7 Å². The summed E-state index contributed by atoms with van der Waals surface area (Å²) in [6.07, 6.45) is 0. The van der Waals surface area contributed by atoms with Crippen LogP contribution in [0.15, 0.2) is 42.5 Å². The highest BCUT2D eigenvalue weighted by molar-refractivity contribution is 6.73. The second-order valence-corrected chi connectivity index (χ2v) is 4.17. The third-order valence-corrected chi connectivity index (χ3v) is 2.64. The molecule has 0 unspecified atom stereocenters. The number of hydrogen-bond donors (Lipinski definition) is 0. The summed E-state index contributed by atoms with van der Waals surface area (Å²) in [5, 5.41) is 0. The van der Waals surface area contributed by atoms with E-state index in [2.05, 4.69) is 0 Å². The fourth-order valence-corrected chi connectivity index (χ4v) is 1.61. The maximum atomic E-state index is 13.3. The van der Waals surface area contributed by atoms with Gasteiger partial charge in [0.2, 0.25) is 0 Å². The predicted octanol–water partition coefficient (Wildman–Crippen LogP) is 3.60. The second-order valence-electron chi connectivity index (χ2n) is 4.17. The summed E-state index contributed by atoms with van der Waals surface area (Å²) in [5.41, 5.74) is -0.657. The van der Waals surface area contributed by atoms with Gasteiger partial charge in [0, 0.05) is 6.07 Å². The van der Waals surface area contributed by atoms with Crippen LogP contribution in [0.5, 0.6) is 5.75 Å². The van der Waals surface area contributed by atoms with E-state index in [0.717, 1.165) is 6.07 Å². The van der Waals surface area contributed by atoms with Crippen LogP contribution in [-0.4, -0.2) is 6.98 Å². The Bertz CT molecular complexity index is 595. The van der Waals surface area contributed by atoms with Crippen LogP contribution in [0.3, 0.4) is 0 Å². The number of rotatable bonds is 4. The lowest BCUT2D eigenvalue weighted by molar-refractivity contribution is 0.304. The van der Waals surface area contributed by atoms with E-state index < -0.39 is 24.1 Å². The van der Waals surface area contributed by atoms with Crippen LogP contribution >= 0.6 is 0 Å². The molecule has 1 nitrogen and oxygen atoms in total. The number of hydrogen-bond acceptors (Lipinski definition) is 1. The fraction of sp³-hybridized carbons (Fsp3) is 0.0769. The molecule has 0 radical (unpaired) electrons. The highest BCUT2D eigenvalue weighted by atomic mass is 19.4. The van der Waals surface area contributed by atoms with E-state index in [1.807, 2.05) is 0 Å². The minimum atomic E-state index is -5.38. The summed E-state index contributed by atoms with van der Waals surface area (Å²) < 4.78 is 68.4. The molecule has 0 saturated heterocycles. The number of benzene rings is 2. The van der Waals surface area contributed by atoms with Crippen LogP contribution in [0.1, 0.15) is 5.56 Å². The zero-order chi connectivity index (χ0) is 14.8. The van der Waals surface area contributed by atoms with Crippen LogP contribution in [0.2, 0.25) is 0 Å². The van der Waals surface area contributed by atoms with E-state index in [-0.39, 0.29) is 12.4 Å². The summed E-state index contributed by atoms with van der Waals surface area (Å²) in [7, 11) is 0. The molecule has 0 aliphatic carbocycles. The Kier molecular flexibility index (Phi) is 3.97. The minimum absolute atomic E-state index is 0.0101. The van der Waals surface area contributed by atoms with Gasteiger partial charge in [-0.2, -0.15) is 0 Å². The van der Waals surface area contributed by atoms with Crippen LogP contribution in [0.25, 0.3) is 0 Å². The molecule has 0 N–H and O–H groups in total. The van der Waals surface area contributed by atoms with Gasteiger partial charge in [-0.05, 0) is 23.8 Å². The molecule has 2 aromatic carbocycles. The maximum Gasteiger partial charge on any atom is 0.512 e. The Balaban J connectivity index is 2.07. The summed E-state index contributed by atoms with van der Waals surface area (Å²) in [4.78, 5) is 0. The fourth-order valence-electron chi connectivity index (χ4n) is 1.61. The Morgan fingerprint density at radius 3 is 2.10 bits per heavy atom. The van der Waals surface area contributed by atoms with Crippen LogP contribution in [0.4, 0.5) is 21.7 Å². The first-order valence-corrected chi connectivity index (χ1v) is 5.73. The molecule has 0 heterocycles. The average Bonchev–Trinajstić information content (AvgIpc) is 2.36. The van der Waals surface area contributed by atoms with Crippen molar-refractivity contribution in [2.24, 2.45) is 0 Å². The minimum Gasteiger partial charge on any atom is -0.489 e. The second kappa shape index (κ2) is 5.52. The van der Waals surface area contributed by atoms with E-state index in [0.29, 0.717) is 17.7 Å². The third-order valence-electron chi connectivity index (χ3n) is 2.64. The first-order chi connectivity index (χ1) is 9.36. The largest absolute Gasteiger partial charge is 0.512 e. The van der Waals surface area contributed by atoms with Crippen molar-refractivity contribution in [2.75, 3.05) is 0 Å². The molecule has 0 aliphatic heterocycles. The Morgan fingerprint density at radius 2 is 1.55 bits per heavy atom. The molecule has 2 aromatic rings. The molecule has 0 saturated carbocycles. The summed E-state index contributed by atoms with van der Waals surface area (Å²) in [6.45, 7) is -5.37. The zero-order valence-electron chi connectivity index (χ0n) is 10.1. The van der Waals surface area contributed by atoms with E-state index in [9.17, 15) is 21.7 Å². The molecule has 0 aliphatic rings. The molecule has 0 fully saturated rings. The van der Waals surface area contributed by atoms with Gasteiger partial charge in [0.15, 0.2) is 0 Å². The van der Waals surface area contributed by atoms with Gasteiger partial charge in [0.05, 0.1) is 5.82 Å². The quantitative estimate of drug-likeness (QED) is 0.616. The van der Waals surface area contributed by atoms with Gasteiger partial charge in [0.1, 0.15) is 18.2 Å². The van der Waals surface area contributed by atoms with Crippen molar-refractivity contribution in [3.8, 4) is 5.75 Å². The Morgan fingerprint density at radius 1 is 0.900 bits per heavy atom. The standard InChI is InChI=1S/C13H9BF5O/c15-10-3-1-9(2-4-10)8-20-11-5-6-12(13(16)7-11)14(17,18)19/h1-7H,8H2/q-1. The van der Waals surface area contributed by atoms with Crippen molar-refractivity contribution >= 4 is 12.4 Å². The third kappa shape index (κ3) is 3.49. The van der Waals surface area contributed by atoms with Gasteiger partial charge in [-0.1, -0.05) is 23.7 Å². The molecular formula is C13H9BF5O-. The maximum absolute atomic E-state index is 13.3. The number of halogens is 5. The predicted molar refractivity (Wildman–Crippen MR) is 65.8 cm³/mol. The molecule has 0 spiro atoms. The first-order valence-electron chi connectivity index (χ1n) is 5.73. The molecule has 2 rings (SSSR count). The smallest absolute Gasteiger partial charge is 0.489 e.